The van der Waals surface area contributed by atoms with Crippen molar-refractivity contribution < 1.29 is 19.5 Å². The monoisotopic (exact) mass is 394 g/mol. The third kappa shape index (κ3) is 4.47. The fourth-order valence-corrected chi connectivity index (χ4v) is 3.94. The van der Waals surface area contributed by atoms with Gasteiger partial charge in [0.25, 0.3) is 5.91 Å². The summed E-state index contributed by atoms with van der Waals surface area (Å²) in [6.07, 6.45) is 1.69. The molecule has 29 heavy (non-hydrogen) atoms. The zero-order chi connectivity index (χ0) is 20.9. The Hall–Kier alpha value is -3.15. The van der Waals surface area contributed by atoms with Crippen molar-refractivity contribution in [2.75, 3.05) is 20.1 Å². The molecule has 1 heterocycles. The largest absolute Gasteiger partial charge is 0.481 e. The number of carboxylic acid groups (broad SMARTS) is 1. The molecule has 1 fully saturated rings. The van der Waals surface area contributed by atoms with E-state index in [4.69, 9.17) is 0 Å². The minimum atomic E-state index is -0.931. The number of aryl methyl sites for hydroxylation is 1. The van der Waals surface area contributed by atoms with Gasteiger partial charge in [-0.1, -0.05) is 42.5 Å². The van der Waals surface area contributed by atoms with Gasteiger partial charge in [-0.2, -0.15) is 0 Å². The number of likely N-dealkylation sites (tertiary alicyclic amines) is 1. The van der Waals surface area contributed by atoms with Crippen molar-refractivity contribution in [1.82, 2.24) is 10.2 Å². The molecule has 0 spiro atoms. The van der Waals surface area contributed by atoms with Crippen LogP contribution in [0.1, 0.15) is 40.7 Å². The van der Waals surface area contributed by atoms with E-state index in [-0.39, 0.29) is 11.8 Å². The minimum Gasteiger partial charge on any atom is -0.481 e. The number of nitrogens with zero attached hydrogens (tertiary/aromatic N) is 1. The number of amides is 2. The average Bonchev–Trinajstić information content (AvgIpc) is 2.77. The summed E-state index contributed by atoms with van der Waals surface area (Å²) in [6, 6.07) is 16.5. The number of carboxylic acids is 1. The van der Waals surface area contributed by atoms with E-state index in [0.29, 0.717) is 44.3 Å². The van der Waals surface area contributed by atoms with Crippen LogP contribution < -0.4 is 5.32 Å². The lowest BCUT2D eigenvalue weighted by Gasteiger charge is -2.39. The Morgan fingerprint density at radius 2 is 1.72 bits per heavy atom. The van der Waals surface area contributed by atoms with Gasteiger partial charge >= 0.3 is 5.97 Å². The molecule has 2 aromatic carbocycles. The number of hydrogen-bond acceptors (Lipinski definition) is 3. The fraction of sp³-hybridized carbons (Fsp3) is 0.348. The number of carbonyl (C=O) groups excluding carboxylic acids is 2. The summed E-state index contributed by atoms with van der Waals surface area (Å²) >= 11 is 0. The third-order valence-corrected chi connectivity index (χ3v) is 5.75. The van der Waals surface area contributed by atoms with Crippen LogP contribution in [-0.2, 0) is 21.4 Å². The normalized spacial score (nSPS) is 15.6. The summed E-state index contributed by atoms with van der Waals surface area (Å²) < 4.78 is 0. The highest BCUT2D eigenvalue weighted by atomic mass is 16.4. The average molecular weight is 394 g/mol. The highest BCUT2D eigenvalue weighted by Gasteiger charge is 2.43. The summed E-state index contributed by atoms with van der Waals surface area (Å²) in [7, 11) is 1.58. The van der Waals surface area contributed by atoms with Crippen LogP contribution in [0.25, 0.3) is 0 Å². The molecule has 0 unspecified atom stereocenters. The van der Waals surface area contributed by atoms with Crippen LogP contribution in [0.4, 0.5) is 0 Å². The Labute approximate surface area is 170 Å². The number of carbonyl (C=O) groups is 3. The van der Waals surface area contributed by atoms with Gasteiger partial charge in [-0.3, -0.25) is 14.4 Å². The Bertz CT molecular complexity index is 887. The molecule has 3 rings (SSSR count). The van der Waals surface area contributed by atoms with Gasteiger partial charge in [-0.05, 0) is 42.5 Å². The Balaban J connectivity index is 1.60. The van der Waals surface area contributed by atoms with E-state index in [0.717, 1.165) is 11.1 Å². The van der Waals surface area contributed by atoms with Crippen molar-refractivity contribution in [3.63, 3.8) is 0 Å². The Morgan fingerprint density at radius 3 is 2.34 bits per heavy atom. The predicted molar refractivity (Wildman–Crippen MR) is 110 cm³/mol. The molecule has 0 atom stereocenters. The number of nitrogens with one attached hydrogen (secondary N) is 1. The molecule has 0 saturated carbocycles. The second kappa shape index (κ2) is 8.90. The lowest BCUT2D eigenvalue weighted by molar-refractivity contribution is -0.148. The van der Waals surface area contributed by atoms with Crippen LogP contribution in [-0.4, -0.2) is 47.9 Å². The summed E-state index contributed by atoms with van der Waals surface area (Å²) in [5.74, 6) is -0.968. The van der Waals surface area contributed by atoms with Crippen LogP contribution in [0, 0.1) is 0 Å². The molecule has 2 amide bonds. The Morgan fingerprint density at radius 1 is 1.03 bits per heavy atom. The van der Waals surface area contributed by atoms with Gasteiger partial charge in [0.2, 0.25) is 5.91 Å². The number of rotatable bonds is 6. The van der Waals surface area contributed by atoms with Gasteiger partial charge in [0, 0.05) is 32.1 Å². The number of aliphatic carboxylic acids is 1. The topological polar surface area (TPSA) is 86.7 Å². The zero-order valence-corrected chi connectivity index (χ0v) is 16.6. The van der Waals surface area contributed by atoms with Crippen molar-refractivity contribution in [2.24, 2.45) is 0 Å². The molecule has 1 aliphatic rings. The molecular formula is C23H26N2O4. The summed E-state index contributed by atoms with van der Waals surface area (Å²) in [4.78, 5) is 38.2. The first-order valence-corrected chi connectivity index (χ1v) is 9.84. The number of piperidine rings is 1. The molecule has 6 nitrogen and oxygen atoms in total. The van der Waals surface area contributed by atoms with Gasteiger partial charge < -0.3 is 15.3 Å². The molecule has 0 aliphatic carbocycles. The first-order chi connectivity index (χ1) is 14.0. The minimum absolute atomic E-state index is 0.0161. The van der Waals surface area contributed by atoms with Gasteiger partial charge in [-0.25, -0.2) is 0 Å². The van der Waals surface area contributed by atoms with E-state index in [1.165, 1.54) is 0 Å². The zero-order valence-electron chi connectivity index (χ0n) is 16.6. The maximum absolute atomic E-state index is 12.7. The van der Waals surface area contributed by atoms with Crippen LogP contribution in [0.15, 0.2) is 54.6 Å². The highest BCUT2D eigenvalue weighted by molar-refractivity contribution is 5.94. The van der Waals surface area contributed by atoms with E-state index in [1.807, 2.05) is 42.5 Å². The van der Waals surface area contributed by atoms with Crippen molar-refractivity contribution in [3.8, 4) is 0 Å². The van der Waals surface area contributed by atoms with Crippen LogP contribution >= 0.6 is 0 Å². The summed E-state index contributed by atoms with van der Waals surface area (Å²) in [5, 5.41) is 12.5. The number of hydrogen-bond donors (Lipinski definition) is 2. The van der Waals surface area contributed by atoms with E-state index < -0.39 is 11.4 Å². The standard InChI is InChI=1S/C23H26N2O4/c1-24-21(27)18-7-5-6-17(16-18)10-11-20(26)25-14-12-23(13-15-25,22(28)29)19-8-3-2-4-9-19/h2-9,16H,10-15H2,1H3,(H,24,27)(H,28,29). The maximum Gasteiger partial charge on any atom is 0.314 e. The first kappa shape index (κ1) is 20.6. The van der Waals surface area contributed by atoms with Crippen molar-refractivity contribution >= 4 is 17.8 Å². The number of benzene rings is 2. The molecule has 1 aliphatic heterocycles. The van der Waals surface area contributed by atoms with E-state index in [1.54, 1.807) is 24.1 Å². The molecule has 0 radical (unpaired) electrons. The smallest absolute Gasteiger partial charge is 0.314 e. The SMILES string of the molecule is CNC(=O)c1cccc(CCC(=O)N2CCC(C(=O)O)(c3ccccc3)CC2)c1. The van der Waals surface area contributed by atoms with Crippen molar-refractivity contribution in [3.05, 3.63) is 71.3 Å². The lowest BCUT2D eigenvalue weighted by atomic mass is 9.73. The molecule has 0 bridgehead atoms. The van der Waals surface area contributed by atoms with Crippen LogP contribution in [0.5, 0.6) is 0 Å². The van der Waals surface area contributed by atoms with Crippen LogP contribution in [0.3, 0.4) is 0 Å². The Kier molecular flexibility index (Phi) is 6.32. The molecule has 0 aromatic heterocycles. The van der Waals surface area contributed by atoms with Crippen molar-refractivity contribution in [1.29, 1.82) is 0 Å². The van der Waals surface area contributed by atoms with Gasteiger partial charge in [-0.15, -0.1) is 0 Å². The van der Waals surface area contributed by atoms with E-state index in [2.05, 4.69) is 5.32 Å². The van der Waals surface area contributed by atoms with Gasteiger partial charge in [0.05, 0.1) is 5.41 Å². The second-order valence-corrected chi connectivity index (χ2v) is 7.41. The molecular weight excluding hydrogens is 368 g/mol. The maximum atomic E-state index is 12.7. The highest BCUT2D eigenvalue weighted by Crippen LogP contribution is 2.36. The fourth-order valence-electron chi connectivity index (χ4n) is 3.94. The van der Waals surface area contributed by atoms with Gasteiger partial charge in [0.15, 0.2) is 0 Å². The second-order valence-electron chi connectivity index (χ2n) is 7.41. The van der Waals surface area contributed by atoms with E-state index in [9.17, 15) is 19.5 Å². The van der Waals surface area contributed by atoms with Crippen LogP contribution in [0.2, 0.25) is 0 Å². The summed E-state index contributed by atoms with van der Waals surface area (Å²) in [6.45, 7) is 0.858. The predicted octanol–water partition coefficient (Wildman–Crippen LogP) is 2.62. The molecule has 152 valence electrons. The third-order valence-electron chi connectivity index (χ3n) is 5.75. The lowest BCUT2D eigenvalue weighted by Crippen LogP contribution is -2.49. The molecule has 2 N–H and O–H groups in total. The van der Waals surface area contributed by atoms with Gasteiger partial charge in [0.1, 0.15) is 0 Å². The first-order valence-electron chi connectivity index (χ1n) is 9.84. The quantitative estimate of drug-likeness (QED) is 0.789. The molecule has 6 heteroatoms. The van der Waals surface area contributed by atoms with E-state index >= 15 is 0 Å². The summed E-state index contributed by atoms with van der Waals surface area (Å²) in [5.41, 5.74) is 1.37. The molecule has 2 aromatic rings. The van der Waals surface area contributed by atoms with Crippen molar-refractivity contribution in [2.45, 2.75) is 31.1 Å². The molecule has 1 saturated heterocycles.